The Hall–Kier alpha value is -3.48. The molecule has 1 fully saturated rings. The van der Waals surface area contributed by atoms with E-state index in [1.807, 2.05) is 62.4 Å². The molecule has 1 saturated heterocycles. The van der Waals surface area contributed by atoms with E-state index >= 15 is 0 Å². The minimum absolute atomic E-state index is 0.147. The third kappa shape index (κ3) is 4.88. The van der Waals surface area contributed by atoms with E-state index in [-0.39, 0.29) is 12.5 Å². The maximum atomic E-state index is 13.6. The lowest BCUT2D eigenvalue weighted by atomic mass is 9.90. The lowest BCUT2D eigenvalue weighted by molar-refractivity contribution is -0.137. The van der Waals surface area contributed by atoms with Crippen molar-refractivity contribution in [2.24, 2.45) is 0 Å². The number of alkyl halides is 3. The van der Waals surface area contributed by atoms with E-state index in [0.29, 0.717) is 29.0 Å². The van der Waals surface area contributed by atoms with Crippen molar-refractivity contribution in [3.8, 4) is 16.9 Å². The zero-order valence-electron chi connectivity index (χ0n) is 19.2. The molecule has 0 N–H and O–H groups in total. The summed E-state index contributed by atoms with van der Waals surface area (Å²) in [6.45, 7) is 4.55. The van der Waals surface area contributed by atoms with Crippen molar-refractivity contribution in [1.82, 2.24) is 4.90 Å². The highest BCUT2D eigenvalue weighted by molar-refractivity contribution is 5.77. The van der Waals surface area contributed by atoms with Gasteiger partial charge in [-0.2, -0.15) is 13.2 Å². The van der Waals surface area contributed by atoms with Crippen LogP contribution in [0.5, 0.6) is 5.75 Å². The van der Waals surface area contributed by atoms with Gasteiger partial charge in [-0.15, -0.1) is 0 Å². The van der Waals surface area contributed by atoms with Crippen LogP contribution in [0.1, 0.15) is 48.1 Å². The fourth-order valence-corrected chi connectivity index (χ4v) is 4.15. The van der Waals surface area contributed by atoms with E-state index in [9.17, 15) is 18.0 Å². The first kappa shape index (κ1) is 23.7. The molecule has 1 aliphatic rings. The molecule has 4 rings (SSSR count). The molecule has 34 heavy (non-hydrogen) atoms. The predicted molar refractivity (Wildman–Crippen MR) is 124 cm³/mol. The van der Waals surface area contributed by atoms with Crippen LogP contribution in [0.25, 0.3) is 11.1 Å². The fourth-order valence-electron chi connectivity index (χ4n) is 4.15. The van der Waals surface area contributed by atoms with Gasteiger partial charge in [0, 0.05) is 17.7 Å². The van der Waals surface area contributed by atoms with Crippen molar-refractivity contribution < 1.29 is 27.4 Å². The molecule has 0 radical (unpaired) electrons. The Morgan fingerprint density at radius 2 is 1.76 bits per heavy atom. The Balaban J connectivity index is 1.77. The minimum Gasteiger partial charge on any atom is -0.496 e. The molecule has 7 heteroatoms. The van der Waals surface area contributed by atoms with Crippen molar-refractivity contribution in [1.29, 1.82) is 0 Å². The Labute approximate surface area is 196 Å². The van der Waals surface area contributed by atoms with Crippen LogP contribution < -0.4 is 4.74 Å². The van der Waals surface area contributed by atoms with Gasteiger partial charge in [-0.25, -0.2) is 4.79 Å². The average Bonchev–Trinajstić information content (AvgIpc) is 3.18. The highest BCUT2D eigenvalue weighted by atomic mass is 19.4. The Morgan fingerprint density at radius 1 is 1.03 bits per heavy atom. The molecule has 0 aliphatic carbocycles. The molecule has 178 valence electrons. The zero-order valence-corrected chi connectivity index (χ0v) is 19.2. The largest absolute Gasteiger partial charge is 0.496 e. The van der Waals surface area contributed by atoms with Crippen LogP contribution in [-0.2, 0) is 17.5 Å². The van der Waals surface area contributed by atoms with Crippen molar-refractivity contribution in [3.63, 3.8) is 0 Å². The van der Waals surface area contributed by atoms with Crippen LogP contribution in [0.15, 0.2) is 66.7 Å². The number of cyclic esters (lactones) is 1. The maximum Gasteiger partial charge on any atom is 0.416 e. The summed E-state index contributed by atoms with van der Waals surface area (Å²) in [7, 11) is 1.52. The molecule has 1 amide bonds. The Bertz CT molecular complexity index is 1180. The molecule has 0 spiro atoms. The molecule has 3 aromatic rings. The summed E-state index contributed by atoms with van der Waals surface area (Å²) < 4.78 is 51.9. The second kappa shape index (κ2) is 9.41. The summed E-state index contributed by atoms with van der Waals surface area (Å²) in [4.78, 5) is 14.1. The van der Waals surface area contributed by atoms with Gasteiger partial charge in [-0.1, -0.05) is 56.3 Å². The average molecular weight is 470 g/mol. The number of ether oxygens (including phenoxy) is 2. The van der Waals surface area contributed by atoms with Crippen molar-refractivity contribution in [2.75, 3.05) is 13.7 Å². The van der Waals surface area contributed by atoms with Gasteiger partial charge in [-0.05, 0) is 46.9 Å². The van der Waals surface area contributed by atoms with Gasteiger partial charge in [0.05, 0.1) is 19.2 Å². The molecule has 1 heterocycles. The first-order valence-corrected chi connectivity index (χ1v) is 11.1. The second-order valence-electron chi connectivity index (χ2n) is 8.65. The quantitative estimate of drug-likeness (QED) is 0.383. The number of halogens is 3. The highest BCUT2D eigenvalue weighted by Crippen LogP contribution is 2.42. The maximum absolute atomic E-state index is 13.6. The number of methoxy groups -OCH3 is 1. The lowest BCUT2D eigenvalue weighted by Crippen LogP contribution is -2.23. The first-order valence-electron chi connectivity index (χ1n) is 11.1. The van der Waals surface area contributed by atoms with Crippen molar-refractivity contribution >= 4 is 6.09 Å². The monoisotopic (exact) mass is 469 g/mol. The van der Waals surface area contributed by atoms with Crippen LogP contribution in [0.3, 0.4) is 0 Å². The summed E-state index contributed by atoms with van der Waals surface area (Å²) in [6, 6.07) is 18.6. The van der Waals surface area contributed by atoms with Gasteiger partial charge in [0.25, 0.3) is 0 Å². The van der Waals surface area contributed by atoms with Gasteiger partial charge < -0.3 is 9.47 Å². The molecule has 0 saturated carbocycles. The number of carbonyl (C=O) groups is 1. The van der Waals surface area contributed by atoms with Crippen LogP contribution in [0.4, 0.5) is 18.0 Å². The van der Waals surface area contributed by atoms with Gasteiger partial charge in [0.1, 0.15) is 11.9 Å². The number of amides is 1. The van der Waals surface area contributed by atoms with Crippen molar-refractivity contribution in [3.05, 3.63) is 89.0 Å². The van der Waals surface area contributed by atoms with Gasteiger partial charge in [-0.3, -0.25) is 4.90 Å². The summed E-state index contributed by atoms with van der Waals surface area (Å²) in [5.74, 6) is 0.754. The number of hydrogen-bond acceptors (Lipinski definition) is 3. The molecule has 1 unspecified atom stereocenters. The Kier molecular flexibility index (Phi) is 6.55. The summed E-state index contributed by atoms with van der Waals surface area (Å²) in [5, 5.41) is 0. The standard InChI is InChI=1S/C27H26F3NO3/c1-17(2)19-9-12-24(33-3)22(13-19)21-11-10-20(27(28,29)30)14-23(21)25-16-31(26(32)34-25)15-18-7-5-4-6-8-18/h4-14,17,25H,15-16H2,1-3H3. The van der Waals surface area contributed by atoms with E-state index in [0.717, 1.165) is 23.3 Å². The number of benzene rings is 3. The number of rotatable bonds is 6. The molecular formula is C27H26F3NO3. The van der Waals surface area contributed by atoms with Crippen LogP contribution in [-0.4, -0.2) is 24.6 Å². The molecule has 0 aromatic heterocycles. The molecule has 0 bridgehead atoms. The number of hydrogen-bond donors (Lipinski definition) is 0. The SMILES string of the molecule is COc1ccc(C(C)C)cc1-c1ccc(C(F)(F)F)cc1C1CN(Cc2ccccc2)C(=O)O1. The van der Waals surface area contributed by atoms with Gasteiger partial charge in [0.2, 0.25) is 0 Å². The molecule has 3 aromatic carbocycles. The normalized spacial score (nSPS) is 16.1. The zero-order chi connectivity index (χ0) is 24.5. The topological polar surface area (TPSA) is 38.8 Å². The van der Waals surface area contributed by atoms with E-state index in [1.54, 1.807) is 0 Å². The minimum atomic E-state index is -4.52. The van der Waals surface area contributed by atoms with Gasteiger partial charge >= 0.3 is 12.3 Å². The summed E-state index contributed by atoms with van der Waals surface area (Å²) >= 11 is 0. The molecular weight excluding hydrogens is 443 g/mol. The van der Waals surface area contributed by atoms with Crippen LogP contribution in [0, 0.1) is 0 Å². The summed E-state index contributed by atoms with van der Waals surface area (Å²) in [5.41, 5.74) is 2.66. The van der Waals surface area contributed by atoms with E-state index in [2.05, 4.69) is 0 Å². The van der Waals surface area contributed by atoms with Gasteiger partial charge in [0.15, 0.2) is 0 Å². The molecule has 1 aliphatic heterocycles. The van der Waals surface area contributed by atoms with E-state index < -0.39 is 23.9 Å². The Morgan fingerprint density at radius 3 is 2.41 bits per heavy atom. The van der Waals surface area contributed by atoms with E-state index in [1.165, 1.54) is 18.1 Å². The van der Waals surface area contributed by atoms with Crippen LogP contribution in [0.2, 0.25) is 0 Å². The summed E-state index contributed by atoms with van der Waals surface area (Å²) in [6.07, 6.45) is -5.93. The highest BCUT2D eigenvalue weighted by Gasteiger charge is 2.37. The number of nitrogens with zero attached hydrogens (tertiary/aromatic N) is 1. The third-order valence-electron chi connectivity index (χ3n) is 6.01. The smallest absolute Gasteiger partial charge is 0.416 e. The van der Waals surface area contributed by atoms with Crippen molar-refractivity contribution in [2.45, 2.75) is 38.6 Å². The predicted octanol–water partition coefficient (Wildman–Crippen LogP) is 7.20. The number of carbonyl (C=O) groups excluding carboxylic acids is 1. The molecule has 1 atom stereocenters. The lowest BCUT2D eigenvalue weighted by Gasteiger charge is -2.20. The van der Waals surface area contributed by atoms with Crippen LogP contribution >= 0.6 is 0 Å². The van der Waals surface area contributed by atoms with E-state index in [4.69, 9.17) is 9.47 Å². The third-order valence-corrected chi connectivity index (χ3v) is 6.01. The first-order chi connectivity index (χ1) is 16.2. The second-order valence-corrected chi connectivity index (χ2v) is 8.65. The fraction of sp³-hybridized carbons (Fsp3) is 0.296. The molecule has 4 nitrogen and oxygen atoms in total.